The molecule has 7 nitrogen and oxygen atoms in total. The molecular weight excluding hydrogens is 384 g/mol. The summed E-state index contributed by atoms with van der Waals surface area (Å²) in [6.07, 6.45) is 1.62. The lowest BCUT2D eigenvalue weighted by Gasteiger charge is -2.07. The molecule has 0 spiro atoms. The van der Waals surface area contributed by atoms with Gasteiger partial charge in [0.1, 0.15) is 12.4 Å². The van der Waals surface area contributed by atoms with E-state index in [4.69, 9.17) is 9.47 Å². The maximum Gasteiger partial charge on any atom is 0.363 e. The highest BCUT2D eigenvalue weighted by molar-refractivity contribution is 6.12. The van der Waals surface area contributed by atoms with Crippen LogP contribution in [0.15, 0.2) is 89.6 Å². The van der Waals surface area contributed by atoms with Crippen LogP contribution in [0.2, 0.25) is 0 Å². The number of hydrogen-bond acceptors (Lipinski definition) is 6. The first-order valence-electron chi connectivity index (χ1n) is 9.13. The van der Waals surface area contributed by atoms with E-state index in [-0.39, 0.29) is 23.9 Å². The van der Waals surface area contributed by atoms with Gasteiger partial charge in [-0.25, -0.2) is 9.79 Å². The Bertz CT molecular complexity index is 1170. The fraction of sp³-hybridized carbons (Fsp3) is 0.0435. The highest BCUT2D eigenvalue weighted by Gasteiger charge is 2.23. The molecule has 0 bridgehead atoms. The molecule has 0 saturated carbocycles. The Morgan fingerprint density at radius 1 is 1.00 bits per heavy atom. The second-order valence-electron chi connectivity index (χ2n) is 6.49. The molecule has 4 rings (SSSR count). The summed E-state index contributed by atoms with van der Waals surface area (Å²) in [5, 5.41) is 10.9. The molecule has 1 aliphatic rings. The topological polar surface area (TPSA) is 91.0 Å². The number of nitro groups is 1. The Kier molecular flexibility index (Phi) is 5.34. The predicted octanol–water partition coefficient (Wildman–Crippen LogP) is 4.52. The van der Waals surface area contributed by atoms with E-state index in [0.717, 1.165) is 11.1 Å². The van der Waals surface area contributed by atoms with Gasteiger partial charge in [0.2, 0.25) is 5.90 Å². The molecule has 3 aromatic rings. The molecule has 0 N–H and O–H groups in total. The summed E-state index contributed by atoms with van der Waals surface area (Å²) >= 11 is 0. The predicted molar refractivity (Wildman–Crippen MR) is 111 cm³/mol. The van der Waals surface area contributed by atoms with Crippen LogP contribution in [0.1, 0.15) is 16.7 Å². The van der Waals surface area contributed by atoms with E-state index in [0.29, 0.717) is 11.3 Å². The zero-order chi connectivity index (χ0) is 20.9. The van der Waals surface area contributed by atoms with Gasteiger partial charge in [0.05, 0.1) is 4.92 Å². The van der Waals surface area contributed by atoms with Gasteiger partial charge in [0, 0.05) is 17.7 Å². The average molecular weight is 400 g/mol. The number of nitro benzene ring substituents is 1. The van der Waals surface area contributed by atoms with Gasteiger partial charge < -0.3 is 9.47 Å². The molecule has 148 valence electrons. The Balaban J connectivity index is 1.49. The smallest absolute Gasteiger partial charge is 0.363 e. The summed E-state index contributed by atoms with van der Waals surface area (Å²) in [4.78, 5) is 26.9. The Hall–Kier alpha value is -4.26. The second-order valence-corrected chi connectivity index (χ2v) is 6.49. The number of rotatable bonds is 6. The van der Waals surface area contributed by atoms with Crippen LogP contribution in [0.4, 0.5) is 5.69 Å². The van der Waals surface area contributed by atoms with Crippen molar-refractivity contribution in [2.45, 2.75) is 6.61 Å². The maximum atomic E-state index is 12.2. The van der Waals surface area contributed by atoms with Crippen molar-refractivity contribution in [2.75, 3.05) is 0 Å². The van der Waals surface area contributed by atoms with Crippen LogP contribution in [0.3, 0.4) is 0 Å². The molecule has 1 heterocycles. The van der Waals surface area contributed by atoms with Gasteiger partial charge in [-0.2, -0.15) is 0 Å². The molecule has 7 heteroatoms. The highest BCUT2D eigenvalue weighted by atomic mass is 16.6. The number of carbonyl (C=O) groups is 1. The van der Waals surface area contributed by atoms with E-state index >= 15 is 0 Å². The number of ether oxygens (including phenoxy) is 2. The standard InChI is InChI=1S/C23H16N2O5/c26-23-21(24-22(30-23)18-8-2-1-3-9-18)14-16-6-5-11-20(13-16)29-15-17-7-4-10-19(12-17)25(27)28/h1-14H,15H2. The first kappa shape index (κ1) is 19.1. The number of benzene rings is 3. The van der Waals surface area contributed by atoms with Crippen molar-refractivity contribution >= 4 is 23.6 Å². The number of esters is 1. The SMILES string of the molecule is O=C1OC(c2ccccc2)=NC1=Cc1cccc(OCc2cccc([N+](=O)[O-])c2)c1. The summed E-state index contributed by atoms with van der Waals surface area (Å²) in [6.45, 7) is 0.181. The van der Waals surface area contributed by atoms with Gasteiger partial charge in [0.25, 0.3) is 5.69 Å². The van der Waals surface area contributed by atoms with Crippen molar-refractivity contribution in [1.82, 2.24) is 0 Å². The second kappa shape index (κ2) is 8.40. The van der Waals surface area contributed by atoms with Crippen molar-refractivity contribution in [1.29, 1.82) is 0 Å². The third-order valence-corrected chi connectivity index (χ3v) is 4.33. The number of carbonyl (C=O) groups excluding carboxylic acids is 1. The van der Waals surface area contributed by atoms with Crippen molar-refractivity contribution < 1.29 is 19.2 Å². The van der Waals surface area contributed by atoms with Crippen molar-refractivity contribution in [3.63, 3.8) is 0 Å². The molecule has 0 amide bonds. The van der Waals surface area contributed by atoms with Crippen LogP contribution in [0.5, 0.6) is 5.75 Å². The Morgan fingerprint density at radius 3 is 2.60 bits per heavy atom. The van der Waals surface area contributed by atoms with E-state index < -0.39 is 10.9 Å². The average Bonchev–Trinajstić information content (AvgIpc) is 3.13. The van der Waals surface area contributed by atoms with Crippen molar-refractivity contribution in [3.05, 3.63) is 111 Å². The van der Waals surface area contributed by atoms with Crippen LogP contribution in [0, 0.1) is 10.1 Å². The van der Waals surface area contributed by atoms with E-state index in [1.807, 2.05) is 36.4 Å². The molecule has 0 aromatic heterocycles. The van der Waals surface area contributed by atoms with Crippen LogP contribution in [-0.2, 0) is 16.1 Å². The normalized spacial score (nSPS) is 14.3. The molecule has 30 heavy (non-hydrogen) atoms. The molecule has 0 aliphatic carbocycles. The zero-order valence-electron chi connectivity index (χ0n) is 15.7. The third-order valence-electron chi connectivity index (χ3n) is 4.33. The quantitative estimate of drug-likeness (QED) is 0.263. The highest BCUT2D eigenvalue weighted by Crippen LogP contribution is 2.22. The fourth-order valence-electron chi connectivity index (χ4n) is 2.89. The fourth-order valence-corrected chi connectivity index (χ4v) is 2.89. The van der Waals surface area contributed by atoms with Crippen LogP contribution >= 0.6 is 0 Å². The monoisotopic (exact) mass is 400 g/mol. The lowest BCUT2D eigenvalue weighted by Crippen LogP contribution is -2.04. The number of non-ortho nitro benzene ring substituents is 1. The number of cyclic esters (lactones) is 1. The first-order chi connectivity index (χ1) is 14.6. The molecule has 0 fully saturated rings. The Morgan fingerprint density at radius 2 is 1.80 bits per heavy atom. The molecule has 0 radical (unpaired) electrons. The summed E-state index contributed by atoms with van der Waals surface area (Å²) in [5.74, 6) is 0.316. The Labute approximate surface area is 172 Å². The largest absolute Gasteiger partial charge is 0.489 e. The van der Waals surface area contributed by atoms with Gasteiger partial charge in [-0.3, -0.25) is 10.1 Å². The van der Waals surface area contributed by atoms with Crippen molar-refractivity contribution in [3.8, 4) is 5.75 Å². The number of hydrogen-bond donors (Lipinski definition) is 0. The van der Waals surface area contributed by atoms with Gasteiger partial charge in [-0.15, -0.1) is 0 Å². The number of aliphatic imine (C=N–C) groups is 1. The van der Waals surface area contributed by atoms with Gasteiger partial charge >= 0.3 is 5.97 Å². The van der Waals surface area contributed by atoms with Crippen LogP contribution in [-0.4, -0.2) is 16.8 Å². The van der Waals surface area contributed by atoms with Gasteiger partial charge in [0.15, 0.2) is 5.70 Å². The van der Waals surface area contributed by atoms with E-state index in [9.17, 15) is 14.9 Å². The number of nitrogens with zero attached hydrogens (tertiary/aromatic N) is 2. The minimum absolute atomic E-state index is 0.0152. The van der Waals surface area contributed by atoms with Crippen LogP contribution < -0.4 is 4.74 Å². The van der Waals surface area contributed by atoms with E-state index in [2.05, 4.69) is 4.99 Å². The van der Waals surface area contributed by atoms with Crippen molar-refractivity contribution in [2.24, 2.45) is 4.99 Å². The molecule has 3 aromatic carbocycles. The molecule has 0 atom stereocenters. The van der Waals surface area contributed by atoms with Crippen LogP contribution in [0.25, 0.3) is 6.08 Å². The minimum Gasteiger partial charge on any atom is -0.489 e. The van der Waals surface area contributed by atoms with Gasteiger partial charge in [-0.05, 0) is 41.5 Å². The zero-order valence-corrected chi connectivity index (χ0v) is 15.7. The summed E-state index contributed by atoms with van der Waals surface area (Å²) in [7, 11) is 0. The summed E-state index contributed by atoms with van der Waals surface area (Å²) in [5.41, 5.74) is 2.34. The molecule has 0 saturated heterocycles. The lowest BCUT2D eigenvalue weighted by molar-refractivity contribution is -0.384. The first-order valence-corrected chi connectivity index (χ1v) is 9.13. The maximum absolute atomic E-state index is 12.2. The molecule has 0 unspecified atom stereocenters. The van der Waals surface area contributed by atoms with Gasteiger partial charge in [-0.1, -0.05) is 42.5 Å². The van der Waals surface area contributed by atoms with E-state index in [1.54, 1.807) is 36.4 Å². The summed E-state index contributed by atoms with van der Waals surface area (Å²) in [6, 6.07) is 22.6. The van der Waals surface area contributed by atoms with E-state index in [1.165, 1.54) is 12.1 Å². The lowest BCUT2D eigenvalue weighted by atomic mass is 10.2. The third kappa shape index (κ3) is 4.41. The minimum atomic E-state index is -0.517. The molecular formula is C23H16N2O5. The molecule has 1 aliphatic heterocycles. The summed E-state index contributed by atoms with van der Waals surface area (Å²) < 4.78 is 11.0.